The molecule has 1 fully saturated rings. The summed E-state index contributed by atoms with van der Waals surface area (Å²) in [6, 6.07) is 9.70. The van der Waals surface area contributed by atoms with E-state index < -0.39 is 0 Å². The number of rotatable bonds is 6. The lowest BCUT2D eigenvalue weighted by Crippen LogP contribution is -2.44. The Balaban J connectivity index is 1.43. The van der Waals surface area contributed by atoms with Gasteiger partial charge < -0.3 is 15.0 Å². The molecule has 3 rings (SSSR count). The zero-order chi connectivity index (χ0) is 17.5. The Morgan fingerprint density at radius 3 is 2.96 bits per heavy atom. The van der Waals surface area contributed by atoms with Crippen LogP contribution in [0, 0.1) is 12.8 Å². The molecule has 0 bridgehead atoms. The first-order valence-corrected chi connectivity index (χ1v) is 8.71. The molecular weight excluding hydrogens is 316 g/mol. The van der Waals surface area contributed by atoms with E-state index >= 15 is 0 Å². The number of carbonyl (C=O) groups is 1. The molecule has 1 aliphatic heterocycles. The normalized spacial score (nSPS) is 17.2. The first-order valence-electron chi connectivity index (χ1n) is 8.71. The summed E-state index contributed by atoms with van der Waals surface area (Å²) >= 11 is 0. The van der Waals surface area contributed by atoms with Crippen LogP contribution >= 0.6 is 0 Å². The molecule has 1 amide bonds. The fourth-order valence-corrected chi connectivity index (χ4v) is 3.02. The summed E-state index contributed by atoms with van der Waals surface area (Å²) in [5.41, 5.74) is 1.16. The number of hydrogen-bond donors (Lipinski definition) is 1. The average Bonchev–Trinajstić information content (AvgIpc) is 2.66. The van der Waals surface area contributed by atoms with Crippen LogP contribution in [0.4, 0.5) is 5.95 Å². The number of carbonyl (C=O) groups excluding carboxylic acids is 1. The number of hydrogen-bond acceptors (Lipinski definition) is 5. The van der Waals surface area contributed by atoms with Crippen LogP contribution < -0.4 is 15.0 Å². The second kappa shape index (κ2) is 8.46. The van der Waals surface area contributed by atoms with Crippen LogP contribution in [0.25, 0.3) is 0 Å². The topological polar surface area (TPSA) is 67.3 Å². The molecule has 1 N–H and O–H groups in total. The predicted octanol–water partition coefficient (Wildman–Crippen LogP) is 2.20. The molecule has 1 unspecified atom stereocenters. The molecule has 1 aromatic heterocycles. The fraction of sp³-hybridized carbons (Fsp3) is 0.421. The van der Waals surface area contributed by atoms with Crippen molar-refractivity contribution in [3.05, 3.63) is 48.3 Å². The van der Waals surface area contributed by atoms with Crippen LogP contribution in [0.5, 0.6) is 5.75 Å². The van der Waals surface area contributed by atoms with Crippen LogP contribution in [-0.4, -0.2) is 42.1 Å². The summed E-state index contributed by atoms with van der Waals surface area (Å²) in [5, 5.41) is 2.98. The van der Waals surface area contributed by atoms with Crippen LogP contribution in [0.1, 0.15) is 18.4 Å². The number of anilines is 1. The van der Waals surface area contributed by atoms with Gasteiger partial charge in [0, 0.05) is 25.5 Å². The molecule has 6 nitrogen and oxygen atoms in total. The Labute approximate surface area is 148 Å². The predicted molar refractivity (Wildman–Crippen MR) is 96.7 cm³/mol. The van der Waals surface area contributed by atoms with E-state index in [2.05, 4.69) is 20.2 Å². The van der Waals surface area contributed by atoms with Gasteiger partial charge in [-0.25, -0.2) is 9.97 Å². The minimum atomic E-state index is -0.0310. The van der Waals surface area contributed by atoms with Crippen LogP contribution in [0.2, 0.25) is 0 Å². The highest BCUT2D eigenvalue weighted by Gasteiger charge is 2.26. The maximum atomic E-state index is 12.4. The van der Waals surface area contributed by atoms with Gasteiger partial charge in [0.2, 0.25) is 11.9 Å². The number of nitrogens with zero attached hydrogens (tertiary/aromatic N) is 3. The van der Waals surface area contributed by atoms with Gasteiger partial charge in [-0.1, -0.05) is 12.1 Å². The molecule has 0 aliphatic carbocycles. The minimum absolute atomic E-state index is 0.0310. The van der Waals surface area contributed by atoms with Crippen molar-refractivity contribution in [3.63, 3.8) is 0 Å². The quantitative estimate of drug-likeness (QED) is 0.817. The van der Waals surface area contributed by atoms with Crippen molar-refractivity contribution in [3.8, 4) is 5.75 Å². The molecule has 1 atom stereocenters. The van der Waals surface area contributed by atoms with Crippen LogP contribution in [0.15, 0.2) is 42.7 Å². The molecule has 0 radical (unpaired) electrons. The van der Waals surface area contributed by atoms with E-state index in [1.807, 2.05) is 31.2 Å². The van der Waals surface area contributed by atoms with Crippen molar-refractivity contribution >= 4 is 11.9 Å². The van der Waals surface area contributed by atoms with Gasteiger partial charge in [0.05, 0.1) is 12.5 Å². The summed E-state index contributed by atoms with van der Waals surface area (Å²) in [6.45, 7) is 4.55. The molecule has 132 valence electrons. The lowest BCUT2D eigenvalue weighted by atomic mass is 9.97. The molecule has 0 spiro atoms. The summed E-state index contributed by atoms with van der Waals surface area (Å²) < 4.78 is 5.67. The van der Waals surface area contributed by atoms with E-state index in [0.717, 1.165) is 30.7 Å². The zero-order valence-corrected chi connectivity index (χ0v) is 14.5. The van der Waals surface area contributed by atoms with Gasteiger partial charge in [-0.3, -0.25) is 4.79 Å². The lowest BCUT2D eigenvalue weighted by Gasteiger charge is -2.31. The Hall–Kier alpha value is -2.63. The highest BCUT2D eigenvalue weighted by Crippen LogP contribution is 2.20. The number of nitrogens with one attached hydrogen (secondary N) is 1. The number of piperidine rings is 1. The number of amides is 1. The highest BCUT2D eigenvalue weighted by molar-refractivity contribution is 5.79. The monoisotopic (exact) mass is 340 g/mol. The third-order valence-corrected chi connectivity index (χ3v) is 4.29. The van der Waals surface area contributed by atoms with Gasteiger partial charge in [0.1, 0.15) is 12.4 Å². The van der Waals surface area contributed by atoms with Crippen LogP contribution in [0.3, 0.4) is 0 Å². The summed E-state index contributed by atoms with van der Waals surface area (Å²) in [7, 11) is 0. The molecular formula is C19H24N4O2. The van der Waals surface area contributed by atoms with Crippen molar-refractivity contribution in [2.75, 3.05) is 31.1 Å². The maximum Gasteiger partial charge on any atom is 0.225 e. The van der Waals surface area contributed by atoms with E-state index in [1.165, 1.54) is 0 Å². The second-order valence-electron chi connectivity index (χ2n) is 6.29. The van der Waals surface area contributed by atoms with E-state index in [9.17, 15) is 4.79 Å². The summed E-state index contributed by atoms with van der Waals surface area (Å²) in [5.74, 6) is 1.58. The van der Waals surface area contributed by atoms with Crippen molar-refractivity contribution in [2.45, 2.75) is 19.8 Å². The van der Waals surface area contributed by atoms with E-state index in [-0.39, 0.29) is 11.8 Å². The van der Waals surface area contributed by atoms with Gasteiger partial charge >= 0.3 is 0 Å². The number of aryl methyl sites for hydroxylation is 1. The standard InChI is InChI=1S/C19H24N4O2/c1-15-5-2-7-17(13-15)25-12-10-20-18(24)16-6-3-11-23(14-16)19-21-8-4-9-22-19/h2,4-5,7-9,13,16H,3,6,10-12,14H2,1H3,(H,20,24). The lowest BCUT2D eigenvalue weighted by molar-refractivity contribution is -0.125. The zero-order valence-electron chi connectivity index (χ0n) is 14.5. The Kier molecular flexibility index (Phi) is 5.82. The molecule has 1 aliphatic rings. The van der Waals surface area contributed by atoms with Gasteiger partial charge in [-0.15, -0.1) is 0 Å². The molecule has 2 heterocycles. The molecule has 6 heteroatoms. The van der Waals surface area contributed by atoms with E-state index in [0.29, 0.717) is 25.6 Å². The fourth-order valence-electron chi connectivity index (χ4n) is 3.02. The van der Waals surface area contributed by atoms with Gasteiger partial charge in [0.25, 0.3) is 0 Å². The summed E-state index contributed by atoms with van der Waals surface area (Å²) in [4.78, 5) is 23.0. The maximum absolute atomic E-state index is 12.4. The minimum Gasteiger partial charge on any atom is -0.492 e. The first-order chi connectivity index (χ1) is 12.2. The van der Waals surface area contributed by atoms with Crippen LogP contribution in [-0.2, 0) is 4.79 Å². The number of ether oxygens (including phenoxy) is 1. The highest BCUT2D eigenvalue weighted by atomic mass is 16.5. The van der Waals surface area contributed by atoms with Crippen molar-refractivity contribution in [1.82, 2.24) is 15.3 Å². The Morgan fingerprint density at radius 1 is 1.32 bits per heavy atom. The Bertz CT molecular complexity index is 693. The number of aromatic nitrogens is 2. The van der Waals surface area contributed by atoms with Crippen molar-refractivity contribution in [1.29, 1.82) is 0 Å². The molecule has 1 aromatic carbocycles. The number of benzene rings is 1. The third-order valence-electron chi connectivity index (χ3n) is 4.29. The molecule has 2 aromatic rings. The molecule has 0 saturated carbocycles. The van der Waals surface area contributed by atoms with Crippen molar-refractivity contribution < 1.29 is 9.53 Å². The smallest absolute Gasteiger partial charge is 0.225 e. The van der Waals surface area contributed by atoms with Crippen molar-refractivity contribution in [2.24, 2.45) is 5.92 Å². The third kappa shape index (κ3) is 4.92. The van der Waals surface area contributed by atoms with Gasteiger partial charge in [-0.2, -0.15) is 0 Å². The van der Waals surface area contributed by atoms with Gasteiger partial charge in [-0.05, 0) is 43.5 Å². The summed E-state index contributed by atoms with van der Waals surface area (Å²) in [6.07, 6.45) is 5.33. The van der Waals surface area contributed by atoms with E-state index in [4.69, 9.17) is 4.74 Å². The second-order valence-corrected chi connectivity index (χ2v) is 6.29. The average molecular weight is 340 g/mol. The molecule has 25 heavy (non-hydrogen) atoms. The van der Waals surface area contributed by atoms with Gasteiger partial charge in [0.15, 0.2) is 0 Å². The first kappa shape index (κ1) is 17.2. The van der Waals surface area contributed by atoms with E-state index in [1.54, 1.807) is 18.5 Å². The largest absolute Gasteiger partial charge is 0.492 e. The Morgan fingerprint density at radius 2 is 2.16 bits per heavy atom. The SMILES string of the molecule is Cc1cccc(OCCNC(=O)C2CCCN(c3ncccn3)C2)c1. The molecule has 1 saturated heterocycles.